The molecule has 0 unspecified atom stereocenters. The fourth-order valence-electron chi connectivity index (χ4n) is 2.41. The number of aromatic nitrogens is 5. The second kappa shape index (κ2) is 5.18. The third-order valence-electron chi connectivity index (χ3n) is 3.55. The fourth-order valence-corrected chi connectivity index (χ4v) is 2.41. The second-order valence-corrected chi connectivity index (χ2v) is 5.36. The molecule has 4 heterocycles. The Morgan fingerprint density at radius 2 is 2.00 bits per heavy atom. The van der Waals surface area contributed by atoms with Gasteiger partial charge in [0.1, 0.15) is 5.82 Å². The van der Waals surface area contributed by atoms with Crippen molar-refractivity contribution >= 4 is 23.2 Å². The minimum Gasteiger partial charge on any atom is -0.343 e. The molecule has 1 amide bonds. The van der Waals surface area contributed by atoms with Crippen molar-refractivity contribution in [2.75, 3.05) is 23.3 Å². The molecule has 4 rings (SSSR count). The minimum absolute atomic E-state index is 0.171. The third-order valence-corrected chi connectivity index (χ3v) is 3.55. The highest BCUT2D eigenvalue weighted by molar-refractivity contribution is 6.02. The zero-order valence-corrected chi connectivity index (χ0v) is 12.2. The largest absolute Gasteiger partial charge is 0.343 e. The van der Waals surface area contributed by atoms with Gasteiger partial charge in [-0.05, 0) is 12.1 Å². The lowest BCUT2D eigenvalue weighted by Crippen LogP contribution is -2.56. The molecule has 0 saturated carbocycles. The first-order chi connectivity index (χ1) is 11.5. The van der Waals surface area contributed by atoms with E-state index in [1.54, 1.807) is 12.1 Å². The SMILES string of the molecule is O=C(Nc1cnccn1)c1cnc2ccc(N3CC(F)(F)C3)nn12. The van der Waals surface area contributed by atoms with Crippen LogP contribution in [-0.4, -0.2) is 49.5 Å². The van der Waals surface area contributed by atoms with Gasteiger partial charge in [0.25, 0.3) is 11.8 Å². The van der Waals surface area contributed by atoms with E-state index < -0.39 is 11.8 Å². The summed E-state index contributed by atoms with van der Waals surface area (Å²) in [5.41, 5.74) is 0.611. The van der Waals surface area contributed by atoms with E-state index >= 15 is 0 Å². The first-order valence-corrected chi connectivity index (χ1v) is 7.07. The van der Waals surface area contributed by atoms with Crippen LogP contribution in [0.15, 0.2) is 36.9 Å². The maximum atomic E-state index is 13.0. The molecule has 3 aromatic rings. The Hall–Kier alpha value is -3.17. The molecule has 3 aromatic heterocycles. The Bertz CT molecular complexity index is 904. The van der Waals surface area contributed by atoms with Crippen LogP contribution in [0.3, 0.4) is 0 Å². The number of hydrogen-bond donors (Lipinski definition) is 1. The molecule has 24 heavy (non-hydrogen) atoms. The Morgan fingerprint density at radius 3 is 2.71 bits per heavy atom. The van der Waals surface area contributed by atoms with Gasteiger partial charge in [0.15, 0.2) is 17.2 Å². The smallest absolute Gasteiger partial charge is 0.282 e. The van der Waals surface area contributed by atoms with Crippen LogP contribution < -0.4 is 10.2 Å². The van der Waals surface area contributed by atoms with Gasteiger partial charge in [-0.15, -0.1) is 5.10 Å². The van der Waals surface area contributed by atoms with Crippen LogP contribution in [0.2, 0.25) is 0 Å². The van der Waals surface area contributed by atoms with Crippen molar-refractivity contribution in [1.82, 2.24) is 24.6 Å². The Balaban J connectivity index is 1.62. The first-order valence-electron chi connectivity index (χ1n) is 7.07. The van der Waals surface area contributed by atoms with E-state index in [4.69, 9.17) is 0 Å². The number of fused-ring (bicyclic) bond motifs is 1. The van der Waals surface area contributed by atoms with Crippen molar-refractivity contribution in [3.8, 4) is 0 Å². The summed E-state index contributed by atoms with van der Waals surface area (Å²) in [4.78, 5) is 25.7. The number of imidazole rings is 1. The molecule has 0 spiro atoms. The lowest BCUT2D eigenvalue weighted by molar-refractivity contribution is -0.0268. The van der Waals surface area contributed by atoms with Crippen LogP contribution in [0.25, 0.3) is 5.65 Å². The third kappa shape index (κ3) is 2.51. The Labute approximate surface area is 134 Å². The normalized spacial score (nSPS) is 16.0. The van der Waals surface area contributed by atoms with Gasteiger partial charge in [0, 0.05) is 12.4 Å². The first kappa shape index (κ1) is 14.4. The van der Waals surface area contributed by atoms with Crippen LogP contribution in [0.1, 0.15) is 10.5 Å². The van der Waals surface area contributed by atoms with Crippen LogP contribution in [0.4, 0.5) is 20.4 Å². The van der Waals surface area contributed by atoms with E-state index in [1.807, 2.05) is 0 Å². The van der Waals surface area contributed by atoms with Gasteiger partial charge in [0.2, 0.25) is 0 Å². The standard InChI is InChI=1S/C14H11F2N7O/c15-14(16)7-22(8-14)12-2-1-11-19-5-9(23(11)21-12)13(24)20-10-6-17-3-4-18-10/h1-6H,7-8H2,(H,18,20,24). The molecule has 1 aliphatic heterocycles. The lowest BCUT2D eigenvalue weighted by atomic mass is 10.1. The molecule has 0 bridgehead atoms. The molecule has 10 heteroatoms. The molecule has 0 aliphatic carbocycles. The average Bonchev–Trinajstić information content (AvgIpc) is 2.96. The van der Waals surface area contributed by atoms with Gasteiger partial charge in [-0.3, -0.25) is 9.78 Å². The van der Waals surface area contributed by atoms with Crippen LogP contribution in [0.5, 0.6) is 0 Å². The highest BCUT2D eigenvalue weighted by Crippen LogP contribution is 2.30. The number of carbonyl (C=O) groups excluding carboxylic acids is 1. The quantitative estimate of drug-likeness (QED) is 0.776. The summed E-state index contributed by atoms with van der Waals surface area (Å²) >= 11 is 0. The topological polar surface area (TPSA) is 88.3 Å². The van der Waals surface area contributed by atoms with Gasteiger partial charge in [-0.25, -0.2) is 23.3 Å². The highest BCUT2D eigenvalue weighted by atomic mass is 19.3. The summed E-state index contributed by atoms with van der Waals surface area (Å²) in [7, 11) is 0. The molecular weight excluding hydrogens is 320 g/mol. The average molecular weight is 331 g/mol. The maximum Gasteiger partial charge on any atom is 0.282 e. The van der Waals surface area contributed by atoms with Gasteiger partial charge in [0.05, 0.1) is 25.5 Å². The van der Waals surface area contributed by atoms with Gasteiger partial charge >= 0.3 is 0 Å². The van der Waals surface area contributed by atoms with E-state index in [9.17, 15) is 13.6 Å². The van der Waals surface area contributed by atoms with E-state index in [1.165, 1.54) is 34.2 Å². The summed E-state index contributed by atoms with van der Waals surface area (Å²) in [5.74, 6) is -2.52. The van der Waals surface area contributed by atoms with Crippen molar-refractivity contribution in [3.05, 3.63) is 42.6 Å². The van der Waals surface area contributed by atoms with E-state index in [0.29, 0.717) is 11.5 Å². The number of halogens is 2. The molecule has 122 valence electrons. The molecule has 1 saturated heterocycles. The van der Waals surface area contributed by atoms with Crippen LogP contribution in [-0.2, 0) is 0 Å². The van der Waals surface area contributed by atoms with Crippen molar-refractivity contribution in [1.29, 1.82) is 0 Å². The number of anilines is 2. The molecule has 0 aromatic carbocycles. The van der Waals surface area contributed by atoms with Crippen molar-refractivity contribution in [3.63, 3.8) is 0 Å². The maximum absolute atomic E-state index is 13.0. The zero-order chi connectivity index (χ0) is 16.7. The predicted octanol–water partition coefficient (Wildman–Crippen LogP) is 1.23. The summed E-state index contributed by atoms with van der Waals surface area (Å²) in [5, 5.41) is 6.81. The number of nitrogens with one attached hydrogen (secondary N) is 1. The Kier molecular flexibility index (Phi) is 3.12. The van der Waals surface area contributed by atoms with Crippen molar-refractivity contribution < 1.29 is 13.6 Å². The number of nitrogens with zero attached hydrogens (tertiary/aromatic N) is 6. The fraction of sp³-hybridized carbons (Fsp3) is 0.214. The van der Waals surface area contributed by atoms with E-state index in [-0.39, 0.29) is 24.6 Å². The monoisotopic (exact) mass is 331 g/mol. The predicted molar refractivity (Wildman–Crippen MR) is 80.1 cm³/mol. The molecule has 1 fully saturated rings. The number of amides is 1. The number of rotatable bonds is 3. The number of carbonyl (C=O) groups is 1. The second-order valence-electron chi connectivity index (χ2n) is 5.36. The van der Waals surface area contributed by atoms with E-state index in [2.05, 4.69) is 25.4 Å². The number of alkyl halides is 2. The van der Waals surface area contributed by atoms with Crippen LogP contribution >= 0.6 is 0 Å². The van der Waals surface area contributed by atoms with Gasteiger partial charge in [-0.1, -0.05) is 0 Å². The molecule has 1 N–H and O–H groups in total. The summed E-state index contributed by atoms with van der Waals surface area (Å²) in [6.45, 7) is -0.775. The highest BCUT2D eigenvalue weighted by Gasteiger charge is 2.44. The summed E-state index contributed by atoms with van der Waals surface area (Å²) in [6, 6.07) is 3.22. The van der Waals surface area contributed by atoms with Crippen molar-refractivity contribution in [2.24, 2.45) is 0 Å². The van der Waals surface area contributed by atoms with E-state index in [0.717, 1.165) is 0 Å². The minimum atomic E-state index is -2.70. The lowest BCUT2D eigenvalue weighted by Gasteiger charge is -2.39. The van der Waals surface area contributed by atoms with Gasteiger partial charge < -0.3 is 10.2 Å². The van der Waals surface area contributed by atoms with Crippen LogP contribution in [0, 0.1) is 0 Å². The van der Waals surface area contributed by atoms with Gasteiger partial charge in [-0.2, -0.15) is 0 Å². The Morgan fingerprint density at radius 1 is 1.17 bits per heavy atom. The molecular formula is C14H11F2N7O. The molecule has 0 atom stereocenters. The number of hydrogen-bond acceptors (Lipinski definition) is 6. The molecule has 0 radical (unpaired) electrons. The summed E-state index contributed by atoms with van der Waals surface area (Å²) < 4.78 is 27.3. The van der Waals surface area contributed by atoms with Crippen molar-refractivity contribution in [2.45, 2.75) is 5.92 Å². The zero-order valence-electron chi connectivity index (χ0n) is 12.2. The summed E-state index contributed by atoms with van der Waals surface area (Å²) in [6.07, 6.45) is 5.70. The molecule has 8 nitrogen and oxygen atoms in total. The molecule has 1 aliphatic rings.